The first-order chi connectivity index (χ1) is 15.2. The lowest BCUT2D eigenvalue weighted by Gasteiger charge is -2.23. The number of rotatable bonds is 6. The van der Waals surface area contributed by atoms with Crippen LogP contribution in [-0.2, 0) is 21.1 Å². The second-order valence-electron chi connectivity index (χ2n) is 9.21. The smallest absolute Gasteiger partial charge is 0.238 e. The summed E-state index contributed by atoms with van der Waals surface area (Å²) in [5.74, 6) is 1.04. The van der Waals surface area contributed by atoms with Gasteiger partial charge in [-0.15, -0.1) is 0 Å². The number of carbonyl (C=O) groups is 1. The average Bonchev–Trinajstić information content (AvgIpc) is 3.36. The van der Waals surface area contributed by atoms with E-state index < -0.39 is 21.7 Å². The molecule has 1 aliphatic heterocycles. The van der Waals surface area contributed by atoms with Crippen molar-refractivity contribution in [2.24, 2.45) is 17.8 Å². The van der Waals surface area contributed by atoms with Crippen molar-refractivity contribution in [2.45, 2.75) is 42.3 Å². The maximum absolute atomic E-state index is 14.8. The number of amides is 1. The molecule has 3 fully saturated rings. The van der Waals surface area contributed by atoms with E-state index in [0.29, 0.717) is 34.6 Å². The van der Waals surface area contributed by atoms with E-state index in [-0.39, 0.29) is 23.3 Å². The van der Waals surface area contributed by atoms with Gasteiger partial charge in [0.05, 0.1) is 17.0 Å². The summed E-state index contributed by atoms with van der Waals surface area (Å²) in [6.45, 7) is 0. The standard InChI is InChI=1S/C24H24FN3O3S/c1-32(30,31)17-4-2-3-13(8-17)14-5-6-15(21(25)9-14)7-16(12-26)27-24(29)23-20-11-22(28-23)19-10-18(19)20/h2-6,8-9,16,18-20,22-23,28H,7,10-11H2,1H3,(H,27,29)/t16-,18+,19-,20+,22-,23-/m0/s1. The van der Waals surface area contributed by atoms with E-state index in [0.717, 1.165) is 18.6 Å². The molecule has 8 heteroatoms. The molecule has 0 unspecified atom stereocenters. The molecule has 6 nitrogen and oxygen atoms in total. The lowest BCUT2D eigenvalue weighted by molar-refractivity contribution is -0.124. The van der Waals surface area contributed by atoms with Crippen molar-refractivity contribution in [2.75, 3.05) is 6.26 Å². The summed E-state index contributed by atoms with van der Waals surface area (Å²) in [6, 6.07) is 12.4. The number of sulfone groups is 1. The highest BCUT2D eigenvalue weighted by Crippen LogP contribution is 2.59. The van der Waals surface area contributed by atoms with E-state index in [4.69, 9.17) is 0 Å². The molecule has 1 heterocycles. The Balaban J connectivity index is 1.28. The molecule has 2 saturated carbocycles. The van der Waals surface area contributed by atoms with Gasteiger partial charge in [0, 0.05) is 18.7 Å². The summed E-state index contributed by atoms with van der Waals surface area (Å²) in [5, 5.41) is 15.7. The number of piperidine rings is 1. The number of fused-ring (bicyclic) bond motifs is 5. The topological polar surface area (TPSA) is 99.1 Å². The van der Waals surface area contributed by atoms with Crippen LogP contribution < -0.4 is 10.6 Å². The van der Waals surface area contributed by atoms with Gasteiger partial charge in [-0.25, -0.2) is 12.8 Å². The Kier molecular flexibility index (Phi) is 5.06. The van der Waals surface area contributed by atoms with Gasteiger partial charge < -0.3 is 10.6 Å². The Morgan fingerprint density at radius 1 is 1.19 bits per heavy atom. The Labute approximate surface area is 186 Å². The highest BCUT2D eigenvalue weighted by molar-refractivity contribution is 7.90. The zero-order chi connectivity index (χ0) is 22.6. The van der Waals surface area contributed by atoms with Crippen LogP contribution in [0.25, 0.3) is 11.1 Å². The van der Waals surface area contributed by atoms with Crippen LogP contribution in [0.1, 0.15) is 18.4 Å². The zero-order valence-electron chi connectivity index (χ0n) is 17.6. The number of benzene rings is 2. The minimum atomic E-state index is -3.37. The first-order valence-electron chi connectivity index (χ1n) is 10.8. The first kappa shape index (κ1) is 21.1. The summed E-state index contributed by atoms with van der Waals surface area (Å²) in [5.41, 5.74) is 1.45. The quantitative estimate of drug-likeness (QED) is 0.700. The number of halogens is 1. The number of carbonyl (C=O) groups excluding carboxylic acids is 1. The van der Waals surface area contributed by atoms with Gasteiger partial charge in [-0.3, -0.25) is 4.79 Å². The van der Waals surface area contributed by atoms with E-state index in [1.807, 2.05) is 0 Å². The maximum Gasteiger partial charge on any atom is 0.238 e. The van der Waals surface area contributed by atoms with Crippen LogP contribution in [-0.4, -0.2) is 38.7 Å². The van der Waals surface area contributed by atoms with Gasteiger partial charge in [0.25, 0.3) is 0 Å². The largest absolute Gasteiger partial charge is 0.339 e. The lowest BCUT2D eigenvalue weighted by Crippen LogP contribution is -2.51. The van der Waals surface area contributed by atoms with Gasteiger partial charge in [-0.1, -0.05) is 24.3 Å². The van der Waals surface area contributed by atoms with Gasteiger partial charge in [-0.05, 0) is 65.5 Å². The molecule has 2 aliphatic carbocycles. The molecule has 1 saturated heterocycles. The Morgan fingerprint density at radius 2 is 1.97 bits per heavy atom. The second kappa shape index (κ2) is 7.68. The second-order valence-corrected chi connectivity index (χ2v) is 11.2. The highest BCUT2D eigenvalue weighted by Gasteiger charge is 2.62. The van der Waals surface area contributed by atoms with Gasteiger partial charge in [0.2, 0.25) is 5.91 Å². The van der Waals surface area contributed by atoms with Crippen LogP contribution in [0, 0.1) is 34.9 Å². The van der Waals surface area contributed by atoms with Crippen molar-refractivity contribution >= 4 is 15.7 Å². The zero-order valence-corrected chi connectivity index (χ0v) is 18.4. The van der Waals surface area contributed by atoms with Crippen molar-refractivity contribution in [3.05, 3.63) is 53.8 Å². The predicted molar refractivity (Wildman–Crippen MR) is 117 cm³/mol. The van der Waals surface area contributed by atoms with E-state index in [1.165, 1.54) is 24.6 Å². The minimum absolute atomic E-state index is 0.0601. The van der Waals surface area contributed by atoms with Crippen molar-refractivity contribution in [1.82, 2.24) is 10.6 Å². The van der Waals surface area contributed by atoms with Gasteiger partial charge in [-0.2, -0.15) is 5.26 Å². The molecule has 5 rings (SSSR count). The van der Waals surface area contributed by atoms with Crippen LogP contribution in [0.2, 0.25) is 0 Å². The van der Waals surface area contributed by atoms with Crippen LogP contribution in [0.4, 0.5) is 4.39 Å². The van der Waals surface area contributed by atoms with Crippen LogP contribution in [0.15, 0.2) is 47.4 Å². The normalized spacial score (nSPS) is 28.6. The SMILES string of the molecule is CS(=O)(=O)c1cccc(-c2ccc(C[C@@H](C#N)NC(=O)[C@H]3N[C@H]4C[C@@H]3[C@@H]3C[C@@H]34)c(F)c2)c1. The number of nitriles is 1. The molecule has 1 amide bonds. The van der Waals surface area contributed by atoms with Gasteiger partial charge in [0.15, 0.2) is 9.84 Å². The molecule has 2 N–H and O–H groups in total. The number of hydrogen-bond acceptors (Lipinski definition) is 5. The molecule has 6 atom stereocenters. The molecule has 32 heavy (non-hydrogen) atoms. The van der Waals surface area contributed by atoms with Crippen molar-refractivity contribution < 1.29 is 17.6 Å². The summed E-state index contributed by atoms with van der Waals surface area (Å²) < 4.78 is 38.4. The van der Waals surface area contributed by atoms with E-state index in [9.17, 15) is 22.9 Å². The number of hydrogen-bond donors (Lipinski definition) is 2. The Bertz CT molecular complexity index is 1240. The van der Waals surface area contributed by atoms with Crippen LogP contribution >= 0.6 is 0 Å². The summed E-state index contributed by atoms with van der Waals surface area (Å²) >= 11 is 0. The molecule has 0 spiro atoms. The van der Waals surface area contributed by atoms with E-state index in [2.05, 4.69) is 16.7 Å². The fraction of sp³-hybridized carbons (Fsp3) is 0.417. The highest BCUT2D eigenvalue weighted by atomic mass is 32.2. The van der Waals surface area contributed by atoms with Crippen LogP contribution in [0.3, 0.4) is 0 Å². The van der Waals surface area contributed by atoms with E-state index in [1.54, 1.807) is 24.3 Å². The fourth-order valence-corrected chi connectivity index (χ4v) is 6.11. The predicted octanol–water partition coefficient (Wildman–Crippen LogP) is 2.44. The first-order valence-corrected chi connectivity index (χ1v) is 12.7. The molecule has 2 aromatic rings. The third-order valence-corrected chi connectivity index (χ3v) is 8.24. The molecular weight excluding hydrogens is 429 g/mol. The Hall–Kier alpha value is -2.76. The fourth-order valence-electron chi connectivity index (χ4n) is 5.44. The summed E-state index contributed by atoms with van der Waals surface area (Å²) in [6.07, 6.45) is 3.41. The monoisotopic (exact) mass is 453 g/mol. The van der Waals surface area contributed by atoms with Crippen LogP contribution in [0.5, 0.6) is 0 Å². The molecule has 2 bridgehead atoms. The average molecular weight is 454 g/mol. The van der Waals surface area contributed by atoms with Gasteiger partial charge in [0.1, 0.15) is 11.9 Å². The minimum Gasteiger partial charge on any atom is -0.339 e. The van der Waals surface area contributed by atoms with Crippen molar-refractivity contribution in [3.63, 3.8) is 0 Å². The van der Waals surface area contributed by atoms with E-state index >= 15 is 0 Å². The molecule has 0 aromatic heterocycles. The van der Waals surface area contributed by atoms with Crippen molar-refractivity contribution in [3.8, 4) is 17.2 Å². The molecule has 3 aliphatic rings. The summed E-state index contributed by atoms with van der Waals surface area (Å²) in [4.78, 5) is 12.9. The molecule has 166 valence electrons. The lowest BCUT2D eigenvalue weighted by atomic mass is 9.96. The molecule has 2 aromatic carbocycles. The van der Waals surface area contributed by atoms with Crippen molar-refractivity contribution in [1.29, 1.82) is 5.26 Å². The number of nitrogens with zero attached hydrogens (tertiary/aromatic N) is 1. The Morgan fingerprint density at radius 3 is 2.62 bits per heavy atom. The number of nitrogens with one attached hydrogen (secondary N) is 2. The molecule has 0 radical (unpaired) electrons. The molecular formula is C24H24FN3O3S. The summed E-state index contributed by atoms with van der Waals surface area (Å²) in [7, 11) is -3.37. The third kappa shape index (κ3) is 3.80. The van der Waals surface area contributed by atoms with Gasteiger partial charge >= 0.3 is 0 Å². The maximum atomic E-state index is 14.8. The third-order valence-electron chi connectivity index (χ3n) is 7.13.